The molecule has 0 aromatic heterocycles. The quantitative estimate of drug-likeness (QED) is 0.665. The maximum absolute atomic E-state index is 11.1. The minimum absolute atomic E-state index is 0.323. The molecule has 1 unspecified atom stereocenters. The van der Waals surface area contributed by atoms with Crippen molar-refractivity contribution in [3.63, 3.8) is 0 Å². The molecule has 1 rings (SSSR count). The molecule has 0 aromatic rings. The first-order valence-corrected chi connectivity index (χ1v) is 6.46. The first-order chi connectivity index (χ1) is 6.03. The maximum Gasteiger partial charge on any atom is 0.152 e. The van der Waals surface area contributed by atoms with Gasteiger partial charge in [-0.3, -0.25) is 4.90 Å². The van der Waals surface area contributed by atoms with Crippen molar-refractivity contribution in [3.8, 4) is 0 Å². The second-order valence-corrected chi connectivity index (χ2v) is 5.95. The molecule has 5 heteroatoms. The number of hydrogen-bond donors (Lipinski definition) is 1. The molecule has 4 nitrogen and oxygen atoms in total. The number of sulfone groups is 1. The Balaban J connectivity index is 2.33. The van der Waals surface area contributed by atoms with Crippen molar-refractivity contribution in [2.24, 2.45) is 0 Å². The molecule has 1 aliphatic heterocycles. The minimum Gasteiger partial charge on any atom is -0.316 e. The Morgan fingerprint density at radius 3 is 2.38 bits per heavy atom. The zero-order valence-corrected chi connectivity index (χ0v) is 9.10. The highest BCUT2D eigenvalue weighted by molar-refractivity contribution is 7.91. The van der Waals surface area contributed by atoms with Gasteiger partial charge in [-0.05, 0) is 14.0 Å². The van der Waals surface area contributed by atoms with Crippen LogP contribution >= 0.6 is 0 Å². The minimum atomic E-state index is -2.72. The van der Waals surface area contributed by atoms with E-state index >= 15 is 0 Å². The van der Waals surface area contributed by atoms with E-state index in [1.807, 2.05) is 7.05 Å². The molecule has 0 aliphatic carbocycles. The van der Waals surface area contributed by atoms with E-state index in [4.69, 9.17) is 0 Å². The van der Waals surface area contributed by atoms with Gasteiger partial charge in [-0.15, -0.1) is 0 Å². The Bertz CT molecular complexity index is 237. The number of nitrogens with one attached hydrogen (secondary N) is 1. The van der Waals surface area contributed by atoms with Crippen LogP contribution in [-0.4, -0.2) is 57.5 Å². The fourth-order valence-corrected chi connectivity index (χ4v) is 2.69. The Hall–Kier alpha value is -0.130. The zero-order valence-electron chi connectivity index (χ0n) is 8.28. The van der Waals surface area contributed by atoms with Gasteiger partial charge in [-0.1, -0.05) is 0 Å². The molecule has 0 radical (unpaired) electrons. The molecular formula is C8H18N2O2S. The molecular weight excluding hydrogens is 188 g/mol. The maximum atomic E-state index is 11.1. The van der Waals surface area contributed by atoms with Gasteiger partial charge in [0.25, 0.3) is 0 Å². The summed E-state index contributed by atoms with van der Waals surface area (Å²) in [5, 5.41) is 3.14. The normalized spacial score (nSPS) is 25.7. The lowest BCUT2D eigenvalue weighted by Gasteiger charge is -2.28. The first kappa shape index (κ1) is 10.9. The number of likely N-dealkylation sites (N-methyl/N-ethyl adjacent to an activating group) is 1. The van der Waals surface area contributed by atoms with E-state index < -0.39 is 9.84 Å². The van der Waals surface area contributed by atoms with E-state index in [9.17, 15) is 8.42 Å². The molecule has 1 fully saturated rings. The summed E-state index contributed by atoms with van der Waals surface area (Å²) in [5.74, 6) is 0.646. The largest absolute Gasteiger partial charge is 0.316 e. The Labute approximate surface area is 80.2 Å². The van der Waals surface area contributed by atoms with E-state index in [-0.39, 0.29) is 0 Å². The van der Waals surface area contributed by atoms with E-state index in [1.54, 1.807) is 0 Å². The molecule has 1 heterocycles. The number of nitrogens with zero attached hydrogens (tertiary/aromatic N) is 1. The van der Waals surface area contributed by atoms with Gasteiger partial charge in [0, 0.05) is 25.7 Å². The van der Waals surface area contributed by atoms with E-state index in [0.717, 1.165) is 6.54 Å². The molecule has 0 amide bonds. The predicted octanol–water partition coefficient (Wildman–Crippen LogP) is -0.675. The average molecular weight is 206 g/mol. The summed E-state index contributed by atoms with van der Waals surface area (Å²) in [7, 11) is -0.798. The SMILES string of the molecule is CNC(C)CN1CCS(=O)(=O)CC1. The van der Waals surface area contributed by atoms with Gasteiger partial charge >= 0.3 is 0 Å². The standard InChI is InChI=1S/C8H18N2O2S/c1-8(9-2)7-10-3-5-13(11,12)6-4-10/h8-9H,3-7H2,1-2H3. The number of rotatable bonds is 3. The van der Waals surface area contributed by atoms with Gasteiger partial charge in [0.15, 0.2) is 9.84 Å². The summed E-state index contributed by atoms with van der Waals surface area (Å²) >= 11 is 0. The summed E-state index contributed by atoms with van der Waals surface area (Å²) in [6.45, 7) is 4.41. The van der Waals surface area contributed by atoms with Crippen molar-refractivity contribution in [2.75, 3.05) is 38.2 Å². The smallest absolute Gasteiger partial charge is 0.152 e. The van der Waals surface area contributed by atoms with Crippen LogP contribution in [0.4, 0.5) is 0 Å². The monoisotopic (exact) mass is 206 g/mol. The van der Waals surface area contributed by atoms with Crippen molar-refractivity contribution in [1.29, 1.82) is 0 Å². The fraction of sp³-hybridized carbons (Fsp3) is 1.00. The summed E-state index contributed by atoms with van der Waals surface area (Å²) in [6, 6.07) is 0.431. The summed E-state index contributed by atoms with van der Waals surface area (Å²) < 4.78 is 22.2. The third-order valence-electron chi connectivity index (χ3n) is 2.46. The van der Waals surface area contributed by atoms with Gasteiger partial charge in [0.2, 0.25) is 0 Å². The lowest BCUT2D eigenvalue weighted by atomic mass is 10.3. The Morgan fingerprint density at radius 2 is 1.92 bits per heavy atom. The fourth-order valence-electron chi connectivity index (χ4n) is 1.41. The topological polar surface area (TPSA) is 49.4 Å². The molecule has 0 bridgehead atoms. The molecule has 1 aliphatic rings. The lowest BCUT2D eigenvalue weighted by Crippen LogP contribution is -2.45. The van der Waals surface area contributed by atoms with E-state index in [2.05, 4.69) is 17.1 Å². The predicted molar refractivity (Wildman–Crippen MR) is 53.6 cm³/mol. The molecule has 1 atom stereocenters. The van der Waals surface area contributed by atoms with Gasteiger partial charge in [0.05, 0.1) is 11.5 Å². The van der Waals surface area contributed by atoms with E-state index in [1.165, 1.54) is 0 Å². The van der Waals surface area contributed by atoms with E-state index in [0.29, 0.717) is 30.6 Å². The number of hydrogen-bond acceptors (Lipinski definition) is 4. The second-order valence-electron chi connectivity index (χ2n) is 3.64. The van der Waals surface area contributed by atoms with Crippen LogP contribution in [0, 0.1) is 0 Å². The second kappa shape index (κ2) is 4.39. The van der Waals surface area contributed by atoms with Crippen LogP contribution in [-0.2, 0) is 9.84 Å². The lowest BCUT2D eigenvalue weighted by molar-refractivity contribution is 0.270. The highest BCUT2D eigenvalue weighted by Gasteiger charge is 2.21. The van der Waals surface area contributed by atoms with Gasteiger partial charge in [-0.2, -0.15) is 0 Å². The summed E-state index contributed by atoms with van der Waals surface area (Å²) in [5.41, 5.74) is 0. The average Bonchev–Trinajstić information content (AvgIpc) is 2.08. The molecule has 78 valence electrons. The molecule has 1 saturated heterocycles. The van der Waals surface area contributed by atoms with Crippen molar-refractivity contribution in [2.45, 2.75) is 13.0 Å². The summed E-state index contributed by atoms with van der Waals surface area (Å²) in [4.78, 5) is 2.20. The third-order valence-corrected chi connectivity index (χ3v) is 4.07. The molecule has 0 aromatic carbocycles. The molecule has 0 saturated carbocycles. The Morgan fingerprint density at radius 1 is 1.38 bits per heavy atom. The Kier molecular flexibility index (Phi) is 3.70. The van der Waals surface area contributed by atoms with Crippen LogP contribution in [0.2, 0.25) is 0 Å². The molecule has 1 N–H and O–H groups in total. The summed E-state index contributed by atoms with van der Waals surface area (Å²) in [6.07, 6.45) is 0. The van der Waals surface area contributed by atoms with Crippen LogP contribution in [0.15, 0.2) is 0 Å². The van der Waals surface area contributed by atoms with Gasteiger partial charge < -0.3 is 5.32 Å². The molecule has 13 heavy (non-hydrogen) atoms. The van der Waals surface area contributed by atoms with Crippen LogP contribution in [0.1, 0.15) is 6.92 Å². The van der Waals surface area contributed by atoms with Crippen molar-refractivity contribution in [1.82, 2.24) is 10.2 Å². The third kappa shape index (κ3) is 3.62. The van der Waals surface area contributed by atoms with Crippen molar-refractivity contribution < 1.29 is 8.42 Å². The van der Waals surface area contributed by atoms with Crippen LogP contribution in [0.5, 0.6) is 0 Å². The molecule has 0 spiro atoms. The van der Waals surface area contributed by atoms with Crippen molar-refractivity contribution >= 4 is 9.84 Å². The highest BCUT2D eigenvalue weighted by atomic mass is 32.2. The van der Waals surface area contributed by atoms with Gasteiger partial charge in [-0.25, -0.2) is 8.42 Å². The van der Waals surface area contributed by atoms with Crippen LogP contribution < -0.4 is 5.32 Å². The zero-order chi connectivity index (χ0) is 9.90. The van der Waals surface area contributed by atoms with Crippen LogP contribution in [0.25, 0.3) is 0 Å². The van der Waals surface area contributed by atoms with Crippen molar-refractivity contribution in [3.05, 3.63) is 0 Å². The van der Waals surface area contributed by atoms with Gasteiger partial charge in [0.1, 0.15) is 0 Å². The van der Waals surface area contributed by atoms with Crippen LogP contribution in [0.3, 0.4) is 0 Å². The first-order valence-electron chi connectivity index (χ1n) is 4.63. The highest BCUT2D eigenvalue weighted by Crippen LogP contribution is 2.03.